The largest absolute Gasteiger partial charge is 0.309 e. The van der Waals surface area contributed by atoms with Crippen molar-refractivity contribution in [1.29, 1.82) is 0 Å². The van der Waals surface area contributed by atoms with Crippen LogP contribution in [0.2, 0.25) is 5.02 Å². The van der Waals surface area contributed by atoms with Gasteiger partial charge in [-0.3, -0.25) is 0 Å². The third-order valence-electron chi connectivity index (χ3n) is 6.08. The highest BCUT2D eigenvalue weighted by atomic mass is 79.9. The fourth-order valence-electron chi connectivity index (χ4n) is 5.67. The van der Waals surface area contributed by atoms with Crippen LogP contribution in [0.5, 0.6) is 0 Å². The van der Waals surface area contributed by atoms with Crippen LogP contribution in [0.4, 0.5) is 0 Å². The molecule has 0 aromatic carbocycles. The van der Waals surface area contributed by atoms with E-state index in [1.807, 2.05) is 11.3 Å². The first-order valence-corrected chi connectivity index (χ1v) is 10.3. The summed E-state index contributed by atoms with van der Waals surface area (Å²) in [7, 11) is 0. The first-order valence-electron chi connectivity index (χ1n) is 8.33. The van der Waals surface area contributed by atoms with Gasteiger partial charge in [-0.25, -0.2) is 0 Å². The summed E-state index contributed by atoms with van der Waals surface area (Å²) in [5, 5.41) is 4.67. The van der Waals surface area contributed by atoms with Crippen LogP contribution in [0, 0.1) is 29.6 Å². The topological polar surface area (TPSA) is 12.0 Å². The van der Waals surface area contributed by atoms with Gasteiger partial charge in [-0.1, -0.05) is 18.5 Å². The Morgan fingerprint density at radius 1 is 1.24 bits per heavy atom. The molecule has 0 saturated heterocycles. The van der Waals surface area contributed by atoms with Gasteiger partial charge < -0.3 is 5.32 Å². The summed E-state index contributed by atoms with van der Waals surface area (Å²) in [5.74, 6) is 4.82. The monoisotopic (exact) mass is 387 g/mol. The van der Waals surface area contributed by atoms with Crippen LogP contribution in [0.3, 0.4) is 0 Å². The minimum atomic E-state index is 0.513. The molecule has 4 fully saturated rings. The quantitative estimate of drug-likeness (QED) is 0.678. The molecule has 1 N–H and O–H groups in total. The molecule has 1 heterocycles. The lowest BCUT2D eigenvalue weighted by Crippen LogP contribution is -2.49. The van der Waals surface area contributed by atoms with E-state index in [0.29, 0.717) is 6.04 Å². The zero-order valence-corrected chi connectivity index (χ0v) is 15.6. The van der Waals surface area contributed by atoms with Crippen molar-refractivity contribution < 1.29 is 0 Å². The molecular formula is C17H23BrClNS. The molecule has 4 aliphatic rings. The van der Waals surface area contributed by atoms with Crippen LogP contribution in [0.1, 0.15) is 49.9 Å². The van der Waals surface area contributed by atoms with E-state index in [9.17, 15) is 0 Å². The Balaban J connectivity index is 1.64. The van der Waals surface area contributed by atoms with Crippen LogP contribution >= 0.6 is 38.9 Å². The van der Waals surface area contributed by atoms with E-state index in [1.54, 1.807) is 0 Å². The molecule has 1 aromatic heterocycles. The molecule has 4 aliphatic carbocycles. The standard InChI is InChI=1S/C17H23BrClNS/c1-2-20-16(14-8-13(19)17(18)21-14)15-11-4-9-3-10(6-11)7-12(15)5-9/h8-12,15-16,20H,2-7H2,1H3. The van der Waals surface area contributed by atoms with Crippen molar-refractivity contribution in [1.82, 2.24) is 5.32 Å². The highest BCUT2D eigenvalue weighted by molar-refractivity contribution is 9.11. The van der Waals surface area contributed by atoms with E-state index in [2.05, 4.69) is 34.2 Å². The van der Waals surface area contributed by atoms with Gasteiger partial charge in [-0.15, -0.1) is 11.3 Å². The van der Waals surface area contributed by atoms with Crippen molar-refractivity contribution in [2.24, 2.45) is 29.6 Å². The number of hydrogen-bond acceptors (Lipinski definition) is 2. The highest BCUT2D eigenvalue weighted by Crippen LogP contribution is 2.59. The van der Waals surface area contributed by atoms with Crippen LogP contribution in [0.25, 0.3) is 0 Å². The van der Waals surface area contributed by atoms with Gasteiger partial charge >= 0.3 is 0 Å². The number of thiophene rings is 1. The summed E-state index contributed by atoms with van der Waals surface area (Å²) in [4.78, 5) is 1.44. The average molecular weight is 389 g/mol. The van der Waals surface area contributed by atoms with Gasteiger partial charge in [-0.05, 0) is 90.2 Å². The molecule has 21 heavy (non-hydrogen) atoms. The molecule has 0 aliphatic heterocycles. The van der Waals surface area contributed by atoms with Gasteiger partial charge in [0.2, 0.25) is 0 Å². The van der Waals surface area contributed by atoms with Gasteiger partial charge in [0.05, 0.1) is 8.81 Å². The van der Waals surface area contributed by atoms with Crippen LogP contribution < -0.4 is 5.32 Å². The Kier molecular flexibility index (Phi) is 4.15. The second-order valence-corrected chi connectivity index (χ2v) is 10.1. The molecule has 0 radical (unpaired) electrons. The van der Waals surface area contributed by atoms with E-state index in [0.717, 1.165) is 44.9 Å². The Labute approximate surface area is 145 Å². The number of halogens is 2. The van der Waals surface area contributed by atoms with Crippen molar-refractivity contribution in [3.8, 4) is 0 Å². The first-order chi connectivity index (χ1) is 10.2. The maximum Gasteiger partial charge on any atom is 0.0887 e. The van der Waals surface area contributed by atoms with Gasteiger partial charge in [0.25, 0.3) is 0 Å². The van der Waals surface area contributed by atoms with E-state index < -0.39 is 0 Å². The lowest BCUT2D eigenvalue weighted by molar-refractivity contribution is -0.0518. The van der Waals surface area contributed by atoms with E-state index >= 15 is 0 Å². The molecule has 1 nitrogen and oxygen atoms in total. The highest BCUT2D eigenvalue weighted by Gasteiger charge is 2.50. The van der Waals surface area contributed by atoms with Crippen molar-refractivity contribution in [2.45, 2.75) is 45.1 Å². The van der Waals surface area contributed by atoms with Gasteiger partial charge in [0.15, 0.2) is 0 Å². The summed E-state index contributed by atoms with van der Waals surface area (Å²) < 4.78 is 1.09. The summed E-state index contributed by atoms with van der Waals surface area (Å²) in [5.41, 5.74) is 0. The summed E-state index contributed by atoms with van der Waals surface area (Å²) in [6, 6.07) is 2.70. The van der Waals surface area contributed by atoms with Gasteiger partial charge in [0.1, 0.15) is 0 Å². The van der Waals surface area contributed by atoms with Crippen molar-refractivity contribution in [3.63, 3.8) is 0 Å². The lowest BCUT2D eigenvalue weighted by atomic mass is 9.50. The minimum Gasteiger partial charge on any atom is -0.309 e. The molecule has 116 valence electrons. The minimum absolute atomic E-state index is 0.513. The normalized spacial score (nSPS) is 38.9. The van der Waals surface area contributed by atoms with Crippen molar-refractivity contribution in [2.75, 3.05) is 6.54 Å². The smallest absolute Gasteiger partial charge is 0.0887 e. The maximum absolute atomic E-state index is 6.30. The average Bonchev–Trinajstić information content (AvgIpc) is 2.76. The molecule has 5 rings (SSSR count). The number of rotatable bonds is 4. The SMILES string of the molecule is CCNC(c1cc(Cl)c(Br)s1)C1C2CC3CC(C2)CC1C3. The van der Waals surface area contributed by atoms with Crippen LogP contribution in [-0.2, 0) is 0 Å². The molecule has 1 atom stereocenters. The second-order valence-electron chi connectivity index (χ2n) is 7.31. The molecule has 4 saturated carbocycles. The fraction of sp³-hybridized carbons (Fsp3) is 0.765. The van der Waals surface area contributed by atoms with Crippen molar-refractivity contribution in [3.05, 3.63) is 19.8 Å². The number of hydrogen-bond donors (Lipinski definition) is 1. The molecule has 1 unspecified atom stereocenters. The predicted octanol–water partition coefficient (Wildman–Crippen LogP) is 5.89. The van der Waals surface area contributed by atoms with E-state index in [4.69, 9.17) is 11.6 Å². The fourth-order valence-corrected chi connectivity index (χ4v) is 7.56. The van der Waals surface area contributed by atoms with Gasteiger partial charge in [-0.2, -0.15) is 0 Å². The first kappa shape index (κ1) is 15.0. The lowest BCUT2D eigenvalue weighted by Gasteiger charge is -2.56. The Morgan fingerprint density at radius 2 is 1.86 bits per heavy atom. The Bertz CT molecular complexity index is 481. The van der Waals surface area contributed by atoms with E-state index in [-0.39, 0.29) is 0 Å². The molecule has 4 heteroatoms. The van der Waals surface area contributed by atoms with E-state index in [1.165, 1.54) is 37.0 Å². The second kappa shape index (κ2) is 5.81. The molecule has 0 spiro atoms. The summed E-state index contributed by atoms with van der Waals surface area (Å²) >= 11 is 11.7. The Hall–Kier alpha value is 0.430. The zero-order chi connectivity index (χ0) is 14.6. The third-order valence-corrected chi connectivity index (χ3v) is 8.64. The molecule has 4 bridgehead atoms. The zero-order valence-electron chi connectivity index (χ0n) is 12.4. The van der Waals surface area contributed by atoms with Crippen LogP contribution in [0.15, 0.2) is 9.85 Å². The molecule has 1 aromatic rings. The predicted molar refractivity (Wildman–Crippen MR) is 94.0 cm³/mol. The number of nitrogens with one attached hydrogen (secondary N) is 1. The maximum atomic E-state index is 6.30. The molecular weight excluding hydrogens is 366 g/mol. The van der Waals surface area contributed by atoms with Gasteiger partial charge in [0, 0.05) is 10.9 Å². The Morgan fingerprint density at radius 3 is 2.33 bits per heavy atom. The molecule has 0 amide bonds. The summed E-state index contributed by atoms with van der Waals surface area (Å²) in [6.45, 7) is 3.27. The third kappa shape index (κ3) is 2.62. The summed E-state index contributed by atoms with van der Waals surface area (Å²) in [6.07, 6.45) is 7.47. The van der Waals surface area contributed by atoms with Crippen LogP contribution in [-0.4, -0.2) is 6.54 Å². The van der Waals surface area contributed by atoms with Crippen molar-refractivity contribution >= 4 is 38.9 Å².